The first-order valence-electron chi connectivity index (χ1n) is 6.12. The lowest BCUT2D eigenvalue weighted by Crippen LogP contribution is -2.56. The molecular weight excluding hydrogens is 198 g/mol. The molecule has 2 aliphatic rings. The topological polar surface area (TPSA) is 36.1 Å². The second-order valence-corrected chi connectivity index (χ2v) is 4.85. The zero-order chi connectivity index (χ0) is 10.8. The Morgan fingerprint density at radius 2 is 2.00 bits per heavy atom. The van der Waals surface area contributed by atoms with E-state index in [1.165, 1.54) is 12.0 Å². The van der Waals surface area contributed by atoms with Gasteiger partial charge in [-0.05, 0) is 18.5 Å². The molecule has 2 fully saturated rings. The van der Waals surface area contributed by atoms with E-state index in [1.54, 1.807) is 0 Å². The van der Waals surface area contributed by atoms with E-state index in [2.05, 4.69) is 46.3 Å². The standard InChI is InChI=1S/C13H19N3/c1-2-4-11(5-3-1)12-8-14-7-6-13(12)9-15-10-16-13/h1-5,12,14-16H,6-10H2. The van der Waals surface area contributed by atoms with Crippen molar-refractivity contribution < 1.29 is 0 Å². The van der Waals surface area contributed by atoms with E-state index >= 15 is 0 Å². The zero-order valence-electron chi connectivity index (χ0n) is 9.50. The van der Waals surface area contributed by atoms with Crippen LogP contribution in [-0.4, -0.2) is 31.8 Å². The van der Waals surface area contributed by atoms with Crippen LogP contribution in [0.3, 0.4) is 0 Å². The van der Waals surface area contributed by atoms with Crippen molar-refractivity contribution in [3.8, 4) is 0 Å². The van der Waals surface area contributed by atoms with E-state index in [-0.39, 0.29) is 5.54 Å². The van der Waals surface area contributed by atoms with Crippen molar-refractivity contribution in [1.82, 2.24) is 16.0 Å². The lowest BCUT2D eigenvalue weighted by Gasteiger charge is -2.41. The van der Waals surface area contributed by atoms with Crippen LogP contribution in [0, 0.1) is 0 Å². The summed E-state index contributed by atoms with van der Waals surface area (Å²) in [6.07, 6.45) is 1.21. The van der Waals surface area contributed by atoms with Gasteiger partial charge in [0.2, 0.25) is 0 Å². The van der Waals surface area contributed by atoms with Crippen LogP contribution in [0.5, 0.6) is 0 Å². The molecule has 0 bridgehead atoms. The van der Waals surface area contributed by atoms with Gasteiger partial charge >= 0.3 is 0 Å². The molecule has 86 valence electrons. The lowest BCUT2D eigenvalue weighted by molar-refractivity contribution is 0.250. The summed E-state index contributed by atoms with van der Waals surface area (Å²) in [5, 5.41) is 10.6. The van der Waals surface area contributed by atoms with Gasteiger partial charge in [-0.25, -0.2) is 0 Å². The van der Waals surface area contributed by atoms with Crippen LogP contribution in [0.25, 0.3) is 0 Å². The summed E-state index contributed by atoms with van der Waals surface area (Å²) >= 11 is 0. The summed E-state index contributed by atoms with van der Waals surface area (Å²) in [6, 6.07) is 10.9. The fraction of sp³-hybridized carbons (Fsp3) is 0.538. The molecule has 16 heavy (non-hydrogen) atoms. The molecule has 2 saturated heterocycles. The van der Waals surface area contributed by atoms with Crippen LogP contribution in [-0.2, 0) is 0 Å². The van der Waals surface area contributed by atoms with Crippen LogP contribution in [0.15, 0.2) is 30.3 Å². The molecule has 0 amide bonds. The summed E-state index contributed by atoms with van der Waals surface area (Å²) in [5.41, 5.74) is 1.72. The highest BCUT2D eigenvalue weighted by Crippen LogP contribution is 2.34. The monoisotopic (exact) mass is 217 g/mol. The molecule has 0 aromatic heterocycles. The Morgan fingerprint density at radius 1 is 1.12 bits per heavy atom. The van der Waals surface area contributed by atoms with Gasteiger partial charge in [-0.2, -0.15) is 0 Å². The Hall–Kier alpha value is -0.900. The quantitative estimate of drug-likeness (QED) is 0.646. The minimum atomic E-state index is 0.270. The second kappa shape index (κ2) is 4.17. The van der Waals surface area contributed by atoms with Gasteiger partial charge in [0.25, 0.3) is 0 Å². The number of hydrogen-bond acceptors (Lipinski definition) is 3. The third kappa shape index (κ3) is 1.65. The minimum absolute atomic E-state index is 0.270. The first-order chi connectivity index (χ1) is 7.91. The third-order valence-electron chi connectivity index (χ3n) is 3.97. The van der Waals surface area contributed by atoms with Crippen LogP contribution >= 0.6 is 0 Å². The second-order valence-electron chi connectivity index (χ2n) is 4.85. The average Bonchev–Trinajstić information content (AvgIpc) is 2.80. The molecule has 1 aromatic rings. The van der Waals surface area contributed by atoms with Crippen LogP contribution in [0.4, 0.5) is 0 Å². The molecule has 2 heterocycles. The summed E-state index contributed by atoms with van der Waals surface area (Å²) < 4.78 is 0. The molecule has 3 nitrogen and oxygen atoms in total. The van der Waals surface area contributed by atoms with Crippen molar-refractivity contribution in [1.29, 1.82) is 0 Å². The average molecular weight is 217 g/mol. The van der Waals surface area contributed by atoms with Gasteiger partial charge < -0.3 is 10.6 Å². The molecule has 1 spiro atoms. The van der Waals surface area contributed by atoms with E-state index in [4.69, 9.17) is 0 Å². The molecule has 1 aromatic carbocycles. The highest BCUT2D eigenvalue weighted by molar-refractivity contribution is 5.27. The molecule has 2 unspecified atom stereocenters. The molecule has 2 aliphatic heterocycles. The number of nitrogens with one attached hydrogen (secondary N) is 3. The first kappa shape index (κ1) is 10.3. The van der Waals surface area contributed by atoms with Crippen LogP contribution in [0.1, 0.15) is 17.9 Å². The smallest absolute Gasteiger partial charge is 0.0459 e. The van der Waals surface area contributed by atoms with Crippen molar-refractivity contribution in [2.24, 2.45) is 0 Å². The molecule has 0 radical (unpaired) electrons. The molecule has 3 heteroatoms. The van der Waals surface area contributed by atoms with Gasteiger partial charge in [0.05, 0.1) is 0 Å². The third-order valence-corrected chi connectivity index (χ3v) is 3.97. The number of benzene rings is 1. The van der Waals surface area contributed by atoms with E-state index < -0.39 is 0 Å². The maximum absolute atomic E-state index is 3.67. The summed E-state index contributed by atoms with van der Waals surface area (Å²) in [7, 11) is 0. The summed E-state index contributed by atoms with van der Waals surface area (Å²) in [5.74, 6) is 0.581. The highest BCUT2D eigenvalue weighted by atomic mass is 15.2. The summed E-state index contributed by atoms with van der Waals surface area (Å²) in [6.45, 7) is 4.24. The van der Waals surface area contributed by atoms with Crippen molar-refractivity contribution >= 4 is 0 Å². The zero-order valence-corrected chi connectivity index (χ0v) is 9.50. The van der Waals surface area contributed by atoms with Gasteiger partial charge in [0, 0.05) is 31.2 Å². The predicted molar refractivity (Wildman–Crippen MR) is 65.4 cm³/mol. The first-order valence-corrected chi connectivity index (χ1v) is 6.12. The summed E-state index contributed by atoms with van der Waals surface area (Å²) in [4.78, 5) is 0. The lowest BCUT2D eigenvalue weighted by atomic mass is 9.75. The number of hydrogen-bond donors (Lipinski definition) is 3. The Kier molecular flexibility index (Phi) is 2.67. The number of piperidine rings is 1. The van der Waals surface area contributed by atoms with Gasteiger partial charge in [-0.3, -0.25) is 5.32 Å². The largest absolute Gasteiger partial charge is 0.316 e. The molecule has 2 atom stereocenters. The highest BCUT2D eigenvalue weighted by Gasteiger charge is 2.43. The van der Waals surface area contributed by atoms with Crippen molar-refractivity contribution in [3.05, 3.63) is 35.9 Å². The molecule has 3 N–H and O–H groups in total. The molecule has 0 saturated carbocycles. The van der Waals surface area contributed by atoms with Crippen LogP contribution in [0.2, 0.25) is 0 Å². The molecule has 0 aliphatic carbocycles. The van der Waals surface area contributed by atoms with Gasteiger partial charge in [0.15, 0.2) is 0 Å². The maximum Gasteiger partial charge on any atom is 0.0459 e. The minimum Gasteiger partial charge on any atom is -0.316 e. The SMILES string of the molecule is c1ccc(C2CNCCC23CNCN3)cc1. The van der Waals surface area contributed by atoms with E-state index in [0.29, 0.717) is 5.92 Å². The van der Waals surface area contributed by atoms with Gasteiger partial charge in [0.1, 0.15) is 0 Å². The van der Waals surface area contributed by atoms with Gasteiger partial charge in [-0.1, -0.05) is 30.3 Å². The van der Waals surface area contributed by atoms with Crippen molar-refractivity contribution in [2.45, 2.75) is 17.9 Å². The Labute approximate surface area is 96.6 Å². The fourth-order valence-electron chi connectivity index (χ4n) is 3.06. The van der Waals surface area contributed by atoms with E-state index in [1.807, 2.05) is 0 Å². The Balaban J connectivity index is 1.91. The van der Waals surface area contributed by atoms with Gasteiger partial charge in [-0.15, -0.1) is 0 Å². The normalized spacial score (nSPS) is 34.4. The maximum atomic E-state index is 3.67. The van der Waals surface area contributed by atoms with Crippen molar-refractivity contribution in [3.63, 3.8) is 0 Å². The number of rotatable bonds is 1. The van der Waals surface area contributed by atoms with Crippen LogP contribution < -0.4 is 16.0 Å². The molecular formula is C13H19N3. The van der Waals surface area contributed by atoms with E-state index in [9.17, 15) is 0 Å². The Morgan fingerprint density at radius 3 is 2.75 bits per heavy atom. The fourth-order valence-corrected chi connectivity index (χ4v) is 3.06. The predicted octanol–water partition coefficient (Wildman–Crippen LogP) is 0.653. The van der Waals surface area contributed by atoms with E-state index in [0.717, 1.165) is 26.3 Å². The Bertz CT molecular complexity index is 343. The molecule has 3 rings (SSSR count). The van der Waals surface area contributed by atoms with Crippen molar-refractivity contribution in [2.75, 3.05) is 26.3 Å².